The second-order valence-electron chi connectivity index (χ2n) is 3.22. The zero-order chi connectivity index (χ0) is 9.56. The van der Waals surface area contributed by atoms with Crippen LogP contribution in [-0.4, -0.2) is 19.4 Å². The number of rotatable bonds is 6. The molecule has 0 aromatic carbocycles. The summed E-state index contributed by atoms with van der Waals surface area (Å²) in [5.41, 5.74) is 6.59. The minimum Gasteiger partial charge on any atom is -0.387 e. The molecule has 72 valence electrons. The lowest BCUT2D eigenvalue weighted by atomic mass is 10.2. The Labute approximate surface area is 75.0 Å². The van der Waals surface area contributed by atoms with E-state index in [1.54, 1.807) is 7.11 Å². The number of methoxy groups -OCH3 is 1. The maximum absolute atomic E-state index is 5.56. The van der Waals surface area contributed by atoms with Crippen LogP contribution >= 0.6 is 0 Å². The van der Waals surface area contributed by atoms with E-state index < -0.39 is 0 Å². The molecule has 0 radical (unpaired) electrons. The SMILES string of the molecule is C=C(CCC(N)OC)NC(C)C. The van der Waals surface area contributed by atoms with Gasteiger partial charge in [0, 0.05) is 18.8 Å². The van der Waals surface area contributed by atoms with E-state index in [1.807, 2.05) is 0 Å². The Balaban J connectivity index is 3.44. The summed E-state index contributed by atoms with van der Waals surface area (Å²) in [4.78, 5) is 0. The second-order valence-corrected chi connectivity index (χ2v) is 3.22. The van der Waals surface area contributed by atoms with Gasteiger partial charge in [-0.25, -0.2) is 0 Å². The van der Waals surface area contributed by atoms with Crippen LogP contribution < -0.4 is 11.1 Å². The van der Waals surface area contributed by atoms with Crippen molar-refractivity contribution in [2.75, 3.05) is 7.11 Å². The molecule has 0 spiro atoms. The maximum Gasteiger partial charge on any atom is 0.105 e. The highest BCUT2D eigenvalue weighted by Crippen LogP contribution is 2.02. The minimum atomic E-state index is -0.171. The van der Waals surface area contributed by atoms with Crippen molar-refractivity contribution in [1.29, 1.82) is 0 Å². The quantitative estimate of drug-likeness (QED) is 0.592. The van der Waals surface area contributed by atoms with Crippen LogP contribution in [0.5, 0.6) is 0 Å². The summed E-state index contributed by atoms with van der Waals surface area (Å²) in [6.45, 7) is 8.05. The number of allylic oxidation sites excluding steroid dienone is 1. The average Bonchev–Trinajstić information content (AvgIpc) is 1.99. The van der Waals surface area contributed by atoms with Crippen LogP contribution in [0.1, 0.15) is 26.7 Å². The first kappa shape index (κ1) is 11.5. The fourth-order valence-electron chi connectivity index (χ4n) is 0.915. The standard InChI is InChI=1S/C9H20N2O/c1-7(2)11-8(3)5-6-9(10)12-4/h7,9,11H,3,5-6,10H2,1-2,4H3. The molecule has 0 rings (SSSR count). The fourth-order valence-corrected chi connectivity index (χ4v) is 0.915. The Morgan fingerprint density at radius 1 is 1.58 bits per heavy atom. The molecule has 0 aliphatic rings. The number of nitrogens with two attached hydrogens (primary N) is 1. The highest BCUT2D eigenvalue weighted by Gasteiger charge is 2.01. The van der Waals surface area contributed by atoms with Crippen molar-refractivity contribution >= 4 is 0 Å². The molecule has 0 amide bonds. The third-order valence-corrected chi connectivity index (χ3v) is 1.53. The Hall–Kier alpha value is -0.540. The number of nitrogens with one attached hydrogen (secondary N) is 1. The van der Waals surface area contributed by atoms with Crippen LogP contribution in [0.4, 0.5) is 0 Å². The zero-order valence-corrected chi connectivity index (χ0v) is 8.26. The molecule has 0 fully saturated rings. The van der Waals surface area contributed by atoms with Crippen molar-refractivity contribution in [1.82, 2.24) is 5.32 Å². The van der Waals surface area contributed by atoms with E-state index >= 15 is 0 Å². The maximum atomic E-state index is 5.56. The van der Waals surface area contributed by atoms with Gasteiger partial charge in [-0.05, 0) is 26.7 Å². The first-order valence-electron chi connectivity index (χ1n) is 4.29. The van der Waals surface area contributed by atoms with Crippen LogP contribution in [0, 0.1) is 0 Å². The Morgan fingerprint density at radius 2 is 2.17 bits per heavy atom. The molecule has 3 heteroatoms. The summed E-state index contributed by atoms with van der Waals surface area (Å²) in [5, 5.41) is 3.22. The van der Waals surface area contributed by atoms with Gasteiger partial charge in [0.2, 0.25) is 0 Å². The van der Waals surface area contributed by atoms with Crippen LogP contribution in [-0.2, 0) is 4.74 Å². The van der Waals surface area contributed by atoms with Crippen LogP contribution in [0.3, 0.4) is 0 Å². The molecule has 0 aliphatic heterocycles. The molecule has 1 atom stereocenters. The normalized spacial score (nSPS) is 13.1. The van der Waals surface area contributed by atoms with Crippen LogP contribution in [0.25, 0.3) is 0 Å². The lowest BCUT2D eigenvalue weighted by molar-refractivity contribution is 0.101. The molecule has 0 bridgehead atoms. The highest BCUT2D eigenvalue weighted by molar-refractivity contribution is 4.92. The molecule has 0 aromatic rings. The van der Waals surface area contributed by atoms with Gasteiger partial charge >= 0.3 is 0 Å². The van der Waals surface area contributed by atoms with Crippen molar-refractivity contribution in [3.63, 3.8) is 0 Å². The fraction of sp³-hybridized carbons (Fsp3) is 0.778. The van der Waals surface area contributed by atoms with Gasteiger partial charge in [-0.1, -0.05) is 6.58 Å². The summed E-state index contributed by atoms with van der Waals surface area (Å²) in [7, 11) is 1.61. The van der Waals surface area contributed by atoms with E-state index in [-0.39, 0.29) is 6.23 Å². The average molecular weight is 172 g/mol. The second kappa shape index (κ2) is 6.03. The molecule has 0 aliphatic carbocycles. The topological polar surface area (TPSA) is 47.3 Å². The van der Waals surface area contributed by atoms with Gasteiger partial charge in [0.1, 0.15) is 6.23 Å². The van der Waals surface area contributed by atoms with E-state index in [0.29, 0.717) is 6.04 Å². The summed E-state index contributed by atoms with van der Waals surface area (Å²) < 4.78 is 4.91. The van der Waals surface area contributed by atoms with Crippen molar-refractivity contribution in [3.05, 3.63) is 12.3 Å². The number of hydrogen-bond donors (Lipinski definition) is 2. The number of ether oxygens (including phenoxy) is 1. The van der Waals surface area contributed by atoms with Gasteiger partial charge < -0.3 is 15.8 Å². The van der Waals surface area contributed by atoms with Crippen molar-refractivity contribution < 1.29 is 4.74 Å². The Bertz CT molecular complexity index is 134. The van der Waals surface area contributed by atoms with Gasteiger partial charge in [0.05, 0.1) is 0 Å². The predicted octanol–water partition coefficient (Wildman–Crippen LogP) is 1.21. The molecule has 3 N–H and O–H groups in total. The molecule has 12 heavy (non-hydrogen) atoms. The third kappa shape index (κ3) is 6.19. The monoisotopic (exact) mass is 172 g/mol. The first-order chi connectivity index (χ1) is 5.56. The van der Waals surface area contributed by atoms with Crippen molar-refractivity contribution in [2.45, 2.75) is 39.0 Å². The van der Waals surface area contributed by atoms with Crippen molar-refractivity contribution in [2.24, 2.45) is 5.73 Å². The van der Waals surface area contributed by atoms with E-state index in [2.05, 4.69) is 25.7 Å². The molecule has 0 saturated carbocycles. The van der Waals surface area contributed by atoms with Crippen molar-refractivity contribution in [3.8, 4) is 0 Å². The van der Waals surface area contributed by atoms with Gasteiger partial charge in [-0.15, -0.1) is 0 Å². The first-order valence-corrected chi connectivity index (χ1v) is 4.29. The van der Waals surface area contributed by atoms with Gasteiger partial charge in [-0.3, -0.25) is 0 Å². The van der Waals surface area contributed by atoms with E-state index in [1.165, 1.54) is 0 Å². The molecule has 3 nitrogen and oxygen atoms in total. The minimum absolute atomic E-state index is 0.171. The highest BCUT2D eigenvalue weighted by atomic mass is 16.5. The van der Waals surface area contributed by atoms with Gasteiger partial charge in [0.15, 0.2) is 0 Å². The Kier molecular flexibility index (Phi) is 5.76. The largest absolute Gasteiger partial charge is 0.387 e. The van der Waals surface area contributed by atoms with Gasteiger partial charge in [0.25, 0.3) is 0 Å². The lowest BCUT2D eigenvalue weighted by Gasteiger charge is -2.14. The smallest absolute Gasteiger partial charge is 0.105 e. The predicted molar refractivity (Wildman–Crippen MR) is 51.6 cm³/mol. The van der Waals surface area contributed by atoms with Gasteiger partial charge in [-0.2, -0.15) is 0 Å². The summed E-state index contributed by atoms with van der Waals surface area (Å²) >= 11 is 0. The third-order valence-electron chi connectivity index (χ3n) is 1.53. The molecular weight excluding hydrogens is 152 g/mol. The molecule has 0 heterocycles. The molecule has 1 unspecified atom stereocenters. The van der Waals surface area contributed by atoms with Crippen LogP contribution in [0.15, 0.2) is 12.3 Å². The molecule has 0 aromatic heterocycles. The summed E-state index contributed by atoms with van der Waals surface area (Å²) in [6, 6.07) is 0.441. The zero-order valence-electron chi connectivity index (χ0n) is 8.26. The van der Waals surface area contributed by atoms with E-state index in [9.17, 15) is 0 Å². The lowest BCUT2D eigenvalue weighted by Crippen LogP contribution is -2.25. The molecular formula is C9H20N2O. The molecule has 0 saturated heterocycles. The summed E-state index contributed by atoms with van der Waals surface area (Å²) in [5.74, 6) is 0. The van der Waals surface area contributed by atoms with E-state index in [4.69, 9.17) is 10.5 Å². The number of hydrogen-bond acceptors (Lipinski definition) is 3. The van der Waals surface area contributed by atoms with Crippen LogP contribution in [0.2, 0.25) is 0 Å². The summed E-state index contributed by atoms with van der Waals surface area (Å²) in [6.07, 6.45) is 1.51. The van der Waals surface area contributed by atoms with E-state index in [0.717, 1.165) is 18.5 Å². The Morgan fingerprint density at radius 3 is 2.58 bits per heavy atom.